The second kappa shape index (κ2) is 7.34. The SMILES string of the molecule is CCC(CC)C(=O)N1CC2OCC(=O)N(Cc3ccccc3)C2C1. The highest BCUT2D eigenvalue weighted by Crippen LogP contribution is 2.27. The molecule has 5 nitrogen and oxygen atoms in total. The van der Waals surface area contributed by atoms with Gasteiger partial charge < -0.3 is 14.5 Å². The topological polar surface area (TPSA) is 49.9 Å². The number of morpholine rings is 1. The third-order valence-corrected chi connectivity index (χ3v) is 5.22. The molecule has 0 bridgehead atoms. The van der Waals surface area contributed by atoms with Crippen molar-refractivity contribution in [2.75, 3.05) is 19.7 Å². The smallest absolute Gasteiger partial charge is 0.249 e. The Labute approximate surface area is 143 Å². The van der Waals surface area contributed by atoms with Gasteiger partial charge in [-0.2, -0.15) is 0 Å². The number of benzene rings is 1. The first-order valence-electron chi connectivity index (χ1n) is 8.87. The Bertz CT molecular complexity index is 586. The van der Waals surface area contributed by atoms with Gasteiger partial charge in [0.05, 0.1) is 12.1 Å². The van der Waals surface area contributed by atoms with Crippen LogP contribution in [0.2, 0.25) is 0 Å². The van der Waals surface area contributed by atoms with Crippen LogP contribution in [-0.4, -0.2) is 53.5 Å². The summed E-state index contributed by atoms with van der Waals surface area (Å²) in [5.41, 5.74) is 1.11. The molecule has 0 saturated carbocycles. The molecule has 130 valence electrons. The first kappa shape index (κ1) is 17.0. The minimum atomic E-state index is -0.0651. The molecule has 2 aliphatic heterocycles. The fourth-order valence-corrected chi connectivity index (χ4v) is 3.73. The van der Waals surface area contributed by atoms with Crippen LogP contribution in [0.5, 0.6) is 0 Å². The normalized spacial score (nSPS) is 23.7. The van der Waals surface area contributed by atoms with Gasteiger partial charge in [-0.05, 0) is 18.4 Å². The van der Waals surface area contributed by atoms with E-state index < -0.39 is 0 Å². The average Bonchev–Trinajstić information content (AvgIpc) is 3.04. The average molecular weight is 330 g/mol. The summed E-state index contributed by atoms with van der Waals surface area (Å²) in [6, 6.07) is 9.95. The van der Waals surface area contributed by atoms with Crippen LogP contribution >= 0.6 is 0 Å². The molecule has 2 atom stereocenters. The summed E-state index contributed by atoms with van der Waals surface area (Å²) in [5.74, 6) is 0.283. The van der Waals surface area contributed by atoms with Crippen molar-refractivity contribution in [3.05, 3.63) is 35.9 Å². The first-order chi connectivity index (χ1) is 11.6. The molecule has 0 aromatic heterocycles. The number of amides is 2. The number of fused-ring (bicyclic) bond motifs is 1. The molecule has 0 spiro atoms. The monoisotopic (exact) mass is 330 g/mol. The standard InChI is InChI=1S/C19H26N2O3/c1-3-15(4-2)19(23)20-11-16-17(12-20)24-13-18(22)21(16)10-14-8-6-5-7-9-14/h5-9,15-17H,3-4,10-13H2,1-2H3. The van der Waals surface area contributed by atoms with Crippen LogP contribution in [0.15, 0.2) is 30.3 Å². The second-order valence-electron chi connectivity index (χ2n) is 6.68. The van der Waals surface area contributed by atoms with E-state index in [1.165, 1.54) is 0 Å². The highest BCUT2D eigenvalue weighted by Gasteiger charge is 2.45. The molecule has 0 radical (unpaired) electrons. The van der Waals surface area contributed by atoms with E-state index in [4.69, 9.17) is 4.74 Å². The highest BCUT2D eigenvalue weighted by atomic mass is 16.5. The fraction of sp³-hybridized carbons (Fsp3) is 0.579. The van der Waals surface area contributed by atoms with E-state index in [1.807, 2.05) is 40.1 Å². The van der Waals surface area contributed by atoms with Gasteiger partial charge in [-0.15, -0.1) is 0 Å². The van der Waals surface area contributed by atoms with Crippen molar-refractivity contribution in [1.29, 1.82) is 0 Å². The summed E-state index contributed by atoms with van der Waals surface area (Å²) in [5, 5.41) is 0. The van der Waals surface area contributed by atoms with Crippen LogP contribution in [0.4, 0.5) is 0 Å². The number of carbonyl (C=O) groups is 2. The Balaban J connectivity index is 1.73. The minimum Gasteiger partial charge on any atom is -0.364 e. The number of rotatable bonds is 5. The molecule has 3 rings (SSSR count). The number of ether oxygens (including phenoxy) is 1. The molecule has 1 aromatic rings. The quantitative estimate of drug-likeness (QED) is 0.830. The van der Waals surface area contributed by atoms with Crippen LogP contribution in [-0.2, 0) is 20.9 Å². The first-order valence-corrected chi connectivity index (χ1v) is 8.87. The third-order valence-electron chi connectivity index (χ3n) is 5.22. The van der Waals surface area contributed by atoms with Crippen LogP contribution in [0, 0.1) is 5.92 Å². The molecule has 0 N–H and O–H groups in total. The molecule has 2 unspecified atom stereocenters. The Kier molecular flexibility index (Phi) is 5.19. The molecule has 2 fully saturated rings. The maximum absolute atomic E-state index is 12.7. The molecular formula is C19H26N2O3. The lowest BCUT2D eigenvalue weighted by molar-refractivity contribution is -0.153. The van der Waals surface area contributed by atoms with Crippen molar-refractivity contribution in [2.45, 2.75) is 45.4 Å². The maximum atomic E-state index is 12.7. The molecule has 0 aliphatic carbocycles. The lowest BCUT2D eigenvalue weighted by Gasteiger charge is -2.36. The van der Waals surface area contributed by atoms with E-state index in [1.54, 1.807) is 0 Å². The summed E-state index contributed by atoms with van der Waals surface area (Å²) < 4.78 is 5.72. The summed E-state index contributed by atoms with van der Waals surface area (Å²) in [7, 11) is 0. The summed E-state index contributed by atoms with van der Waals surface area (Å²) >= 11 is 0. The van der Waals surface area contributed by atoms with Crippen molar-refractivity contribution < 1.29 is 14.3 Å². The van der Waals surface area contributed by atoms with E-state index in [0.29, 0.717) is 19.6 Å². The Morgan fingerprint density at radius 2 is 1.92 bits per heavy atom. The number of hydrogen-bond acceptors (Lipinski definition) is 3. The molecule has 5 heteroatoms. The zero-order valence-corrected chi connectivity index (χ0v) is 14.5. The summed E-state index contributed by atoms with van der Waals surface area (Å²) in [6.45, 7) is 5.98. The molecule has 24 heavy (non-hydrogen) atoms. The fourth-order valence-electron chi connectivity index (χ4n) is 3.73. The van der Waals surface area contributed by atoms with Gasteiger partial charge >= 0.3 is 0 Å². The van der Waals surface area contributed by atoms with Crippen molar-refractivity contribution in [3.8, 4) is 0 Å². The predicted molar refractivity (Wildman–Crippen MR) is 91.2 cm³/mol. The van der Waals surface area contributed by atoms with Crippen molar-refractivity contribution in [2.24, 2.45) is 5.92 Å². The lowest BCUT2D eigenvalue weighted by atomic mass is 10.0. The molecule has 1 aromatic carbocycles. The molecular weight excluding hydrogens is 304 g/mol. The predicted octanol–water partition coefficient (Wildman–Crippen LogP) is 2.06. The van der Waals surface area contributed by atoms with E-state index in [2.05, 4.69) is 13.8 Å². The maximum Gasteiger partial charge on any atom is 0.249 e. The third kappa shape index (κ3) is 3.31. The summed E-state index contributed by atoms with van der Waals surface area (Å²) in [6.07, 6.45) is 1.65. The lowest BCUT2D eigenvalue weighted by Crippen LogP contribution is -2.53. The van der Waals surface area contributed by atoms with E-state index in [-0.39, 0.29) is 36.5 Å². The number of nitrogens with zero attached hydrogens (tertiary/aromatic N) is 2. The van der Waals surface area contributed by atoms with Crippen molar-refractivity contribution in [3.63, 3.8) is 0 Å². The summed E-state index contributed by atoms with van der Waals surface area (Å²) in [4.78, 5) is 28.8. The van der Waals surface area contributed by atoms with Crippen molar-refractivity contribution in [1.82, 2.24) is 9.80 Å². The highest BCUT2D eigenvalue weighted by molar-refractivity contribution is 5.81. The minimum absolute atomic E-state index is 0.0111. The van der Waals surface area contributed by atoms with Crippen LogP contribution in [0.3, 0.4) is 0 Å². The van der Waals surface area contributed by atoms with E-state index in [9.17, 15) is 9.59 Å². The zero-order chi connectivity index (χ0) is 17.1. The van der Waals surface area contributed by atoms with Gasteiger partial charge in [0.15, 0.2) is 0 Å². The van der Waals surface area contributed by atoms with Crippen LogP contribution < -0.4 is 0 Å². The van der Waals surface area contributed by atoms with Crippen LogP contribution in [0.1, 0.15) is 32.3 Å². The molecule has 2 aliphatic rings. The molecule has 2 saturated heterocycles. The van der Waals surface area contributed by atoms with Gasteiger partial charge in [0.25, 0.3) is 0 Å². The second-order valence-corrected chi connectivity index (χ2v) is 6.68. The van der Waals surface area contributed by atoms with Gasteiger partial charge in [0, 0.05) is 25.6 Å². The largest absolute Gasteiger partial charge is 0.364 e. The van der Waals surface area contributed by atoms with Gasteiger partial charge in [0.2, 0.25) is 11.8 Å². The number of carbonyl (C=O) groups excluding carboxylic acids is 2. The van der Waals surface area contributed by atoms with Crippen molar-refractivity contribution >= 4 is 11.8 Å². The Morgan fingerprint density at radius 1 is 1.21 bits per heavy atom. The van der Waals surface area contributed by atoms with E-state index in [0.717, 1.165) is 18.4 Å². The van der Waals surface area contributed by atoms with Gasteiger partial charge in [0.1, 0.15) is 6.61 Å². The van der Waals surface area contributed by atoms with Gasteiger partial charge in [-0.1, -0.05) is 44.2 Å². The Hall–Kier alpha value is -1.88. The number of hydrogen-bond donors (Lipinski definition) is 0. The van der Waals surface area contributed by atoms with Gasteiger partial charge in [-0.3, -0.25) is 9.59 Å². The van der Waals surface area contributed by atoms with Crippen LogP contribution in [0.25, 0.3) is 0 Å². The zero-order valence-electron chi connectivity index (χ0n) is 14.5. The van der Waals surface area contributed by atoms with Gasteiger partial charge in [-0.25, -0.2) is 0 Å². The molecule has 2 amide bonds. The number of likely N-dealkylation sites (tertiary alicyclic amines) is 1. The van der Waals surface area contributed by atoms with E-state index >= 15 is 0 Å². The Morgan fingerprint density at radius 3 is 2.58 bits per heavy atom. The molecule has 2 heterocycles.